The molecule has 0 aliphatic carbocycles. The van der Waals surface area contributed by atoms with Gasteiger partial charge in [0.15, 0.2) is 0 Å². The fourth-order valence-corrected chi connectivity index (χ4v) is 1.26. The molecule has 1 heterocycles. The van der Waals surface area contributed by atoms with Gasteiger partial charge in [0, 0.05) is 24.8 Å². The lowest BCUT2D eigenvalue weighted by atomic mass is 10.3. The number of anilines is 1. The summed E-state index contributed by atoms with van der Waals surface area (Å²) >= 11 is 0. The van der Waals surface area contributed by atoms with Gasteiger partial charge in [-0.05, 0) is 19.8 Å². The minimum absolute atomic E-state index is 0.497. The minimum Gasteiger partial charge on any atom is -0.369 e. The first-order valence-corrected chi connectivity index (χ1v) is 5.57. The molecule has 0 saturated heterocycles. The molecule has 1 rings (SSSR count). The van der Waals surface area contributed by atoms with E-state index in [2.05, 4.69) is 31.2 Å². The van der Waals surface area contributed by atoms with E-state index in [-0.39, 0.29) is 0 Å². The highest BCUT2D eigenvalue weighted by atomic mass is 15.3. The van der Waals surface area contributed by atoms with Crippen molar-refractivity contribution in [1.82, 2.24) is 9.78 Å². The maximum Gasteiger partial charge on any atom is 0.147 e. The van der Waals surface area contributed by atoms with Gasteiger partial charge in [-0.3, -0.25) is 4.68 Å². The molecular formula is C11H21N3. The lowest BCUT2D eigenvalue weighted by Crippen LogP contribution is -2.06. The molecule has 1 aromatic heterocycles. The van der Waals surface area contributed by atoms with Crippen LogP contribution in [0.5, 0.6) is 0 Å². The van der Waals surface area contributed by atoms with E-state index in [0.717, 1.165) is 18.8 Å². The van der Waals surface area contributed by atoms with Gasteiger partial charge in [0.2, 0.25) is 0 Å². The summed E-state index contributed by atoms with van der Waals surface area (Å²) < 4.78 is 2.02. The zero-order chi connectivity index (χ0) is 10.4. The molecule has 14 heavy (non-hydrogen) atoms. The van der Waals surface area contributed by atoms with E-state index < -0.39 is 0 Å². The van der Waals surface area contributed by atoms with Gasteiger partial charge in [-0.2, -0.15) is 5.10 Å². The number of nitrogens with zero attached hydrogens (tertiary/aromatic N) is 2. The molecule has 1 unspecified atom stereocenters. The van der Waals surface area contributed by atoms with Gasteiger partial charge in [-0.15, -0.1) is 0 Å². The topological polar surface area (TPSA) is 29.9 Å². The molecule has 1 atom stereocenters. The molecule has 0 saturated carbocycles. The van der Waals surface area contributed by atoms with Crippen LogP contribution >= 0.6 is 0 Å². The van der Waals surface area contributed by atoms with E-state index in [1.807, 2.05) is 16.9 Å². The second kappa shape index (κ2) is 5.68. The largest absolute Gasteiger partial charge is 0.369 e. The second-order valence-corrected chi connectivity index (χ2v) is 3.72. The standard InChI is InChI=1S/C11H21N3/c1-4-6-8-12-11-7-9-14(13-11)10(3)5-2/h7,9-10H,4-6,8H2,1-3H3,(H,12,13). The summed E-state index contributed by atoms with van der Waals surface area (Å²) in [6.07, 6.45) is 5.59. The predicted octanol–water partition coefficient (Wildman–Crippen LogP) is 3.07. The first kappa shape index (κ1) is 11.1. The summed E-state index contributed by atoms with van der Waals surface area (Å²) in [5.41, 5.74) is 0. The third-order valence-corrected chi connectivity index (χ3v) is 2.49. The number of hydrogen-bond donors (Lipinski definition) is 1. The van der Waals surface area contributed by atoms with Crippen molar-refractivity contribution in [2.45, 2.75) is 46.1 Å². The zero-order valence-electron chi connectivity index (χ0n) is 9.45. The van der Waals surface area contributed by atoms with E-state index in [1.165, 1.54) is 12.8 Å². The third-order valence-electron chi connectivity index (χ3n) is 2.49. The molecule has 0 aliphatic rings. The van der Waals surface area contributed by atoms with Crippen LogP contribution in [0.25, 0.3) is 0 Å². The van der Waals surface area contributed by atoms with Crippen LogP contribution in [0, 0.1) is 0 Å². The van der Waals surface area contributed by atoms with E-state index in [0.29, 0.717) is 6.04 Å². The first-order chi connectivity index (χ1) is 6.77. The number of hydrogen-bond acceptors (Lipinski definition) is 2. The average Bonchev–Trinajstić information content (AvgIpc) is 2.66. The van der Waals surface area contributed by atoms with Crippen molar-refractivity contribution in [3.8, 4) is 0 Å². The molecule has 0 radical (unpaired) electrons. The molecule has 0 aromatic carbocycles. The molecule has 0 bridgehead atoms. The fraction of sp³-hybridized carbons (Fsp3) is 0.727. The molecule has 3 heteroatoms. The van der Waals surface area contributed by atoms with Crippen LogP contribution < -0.4 is 5.32 Å². The van der Waals surface area contributed by atoms with Crippen LogP contribution in [0.2, 0.25) is 0 Å². The van der Waals surface area contributed by atoms with Crippen LogP contribution in [0.1, 0.15) is 46.1 Å². The Labute approximate surface area is 86.5 Å². The zero-order valence-corrected chi connectivity index (χ0v) is 9.45. The van der Waals surface area contributed by atoms with Gasteiger partial charge in [0.25, 0.3) is 0 Å². The Bertz CT molecular complexity index is 255. The first-order valence-electron chi connectivity index (χ1n) is 5.57. The average molecular weight is 195 g/mol. The van der Waals surface area contributed by atoms with Gasteiger partial charge in [0.1, 0.15) is 5.82 Å². The summed E-state index contributed by atoms with van der Waals surface area (Å²) in [5.74, 6) is 0.999. The molecule has 3 nitrogen and oxygen atoms in total. The Morgan fingerprint density at radius 1 is 1.50 bits per heavy atom. The van der Waals surface area contributed by atoms with Crippen LogP contribution in [0.3, 0.4) is 0 Å². The SMILES string of the molecule is CCCCNc1ccn(C(C)CC)n1. The van der Waals surface area contributed by atoms with Crippen LogP contribution in [0.4, 0.5) is 5.82 Å². The van der Waals surface area contributed by atoms with Gasteiger partial charge in [-0.25, -0.2) is 0 Å². The number of aromatic nitrogens is 2. The fourth-order valence-electron chi connectivity index (χ4n) is 1.26. The lowest BCUT2D eigenvalue weighted by Gasteiger charge is -2.08. The molecule has 1 N–H and O–H groups in total. The number of unbranched alkanes of at least 4 members (excludes halogenated alkanes) is 1. The highest BCUT2D eigenvalue weighted by Gasteiger charge is 2.03. The maximum absolute atomic E-state index is 4.46. The summed E-state index contributed by atoms with van der Waals surface area (Å²) in [4.78, 5) is 0. The molecule has 0 amide bonds. The van der Waals surface area contributed by atoms with Crippen molar-refractivity contribution in [3.63, 3.8) is 0 Å². The summed E-state index contributed by atoms with van der Waals surface area (Å²) in [5, 5.41) is 7.77. The predicted molar refractivity (Wildman–Crippen MR) is 60.6 cm³/mol. The van der Waals surface area contributed by atoms with Gasteiger partial charge in [-0.1, -0.05) is 20.3 Å². The van der Waals surface area contributed by atoms with E-state index in [4.69, 9.17) is 0 Å². The second-order valence-electron chi connectivity index (χ2n) is 3.72. The Balaban J connectivity index is 2.42. The van der Waals surface area contributed by atoms with Gasteiger partial charge >= 0.3 is 0 Å². The summed E-state index contributed by atoms with van der Waals surface area (Å²) in [7, 11) is 0. The molecule has 0 spiro atoms. The Kier molecular flexibility index (Phi) is 4.50. The van der Waals surface area contributed by atoms with Crippen molar-refractivity contribution in [2.75, 3.05) is 11.9 Å². The molecule has 0 aliphatic heterocycles. The van der Waals surface area contributed by atoms with Crippen LogP contribution in [-0.4, -0.2) is 16.3 Å². The molecular weight excluding hydrogens is 174 g/mol. The van der Waals surface area contributed by atoms with Gasteiger partial charge in [0.05, 0.1) is 0 Å². The van der Waals surface area contributed by atoms with Crippen molar-refractivity contribution >= 4 is 5.82 Å². The summed E-state index contributed by atoms with van der Waals surface area (Å²) in [6.45, 7) is 7.58. The van der Waals surface area contributed by atoms with Crippen molar-refractivity contribution in [1.29, 1.82) is 0 Å². The van der Waals surface area contributed by atoms with Crippen molar-refractivity contribution in [3.05, 3.63) is 12.3 Å². The normalized spacial score (nSPS) is 12.8. The molecule has 0 fully saturated rings. The van der Waals surface area contributed by atoms with Crippen LogP contribution in [-0.2, 0) is 0 Å². The van der Waals surface area contributed by atoms with Crippen molar-refractivity contribution in [2.24, 2.45) is 0 Å². The van der Waals surface area contributed by atoms with Gasteiger partial charge < -0.3 is 5.32 Å². The number of rotatable bonds is 6. The van der Waals surface area contributed by atoms with Crippen molar-refractivity contribution < 1.29 is 0 Å². The lowest BCUT2D eigenvalue weighted by molar-refractivity contribution is 0.479. The monoisotopic (exact) mass is 195 g/mol. The number of nitrogens with one attached hydrogen (secondary N) is 1. The minimum atomic E-state index is 0.497. The van der Waals surface area contributed by atoms with E-state index in [1.54, 1.807) is 0 Å². The van der Waals surface area contributed by atoms with E-state index in [9.17, 15) is 0 Å². The van der Waals surface area contributed by atoms with Crippen LogP contribution in [0.15, 0.2) is 12.3 Å². The Morgan fingerprint density at radius 3 is 2.93 bits per heavy atom. The highest BCUT2D eigenvalue weighted by molar-refractivity contribution is 5.31. The molecule has 80 valence electrons. The van der Waals surface area contributed by atoms with E-state index >= 15 is 0 Å². The highest BCUT2D eigenvalue weighted by Crippen LogP contribution is 2.11. The quantitative estimate of drug-likeness (QED) is 0.707. The third kappa shape index (κ3) is 3.05. The molecule has 1 aromatic rings. The Morgan fingerprint density at radius 2 is 2.29 bits per heavy atom. The summed E-state index contributed by atoms with van der Waals surface area (Å²) in [6, 6.07) is 2.54. The Hall–Kier alpha value is -0.990. The smallest absolute Gasteiger partial charge is 0.147 e. The maximum atomic E-state index is 4.46.